The van der Waals surface area contributed by atoms with Crippen LogP contribution in [0.3, 0.4) is 0 Å². The molecule has 4 rings (SSSR count). The molecule has 0 amide bonds. The van der Waals surface area contributed by atoms with Crippen LogP contribution < -0.4 is 5.32 Å². The van der Waals surface area contributed by atoms with E-state index in [4.69, 9.17) is 19.8 Å². The Hall–Kier alpha value is -3.26. The maximum atomic E-state index is 9.00. The standard InChI is InChI=1S/C19H22N4.2C2H4O2/c1-2-16-13-17(7-9-20-16)23-11-10-22-19(23)15-5-6-18-14(12-15)4-3-8-21-18;2*1-2(3)4/h3-6,8,10-12,16-17,20H,2,7,9,13H2,1H3;2*1H3,(H,3,4)/t16-,17-;;/m0../s1. The molecule has 8 nitrogen and oxygen atoms in total. The summed E-state index contributed by atoms with van der Waals surface area (Å²) < 4.78 is 2.36. The molecule has 1 aliphatic heterocycles. The van der Waals surface area contributed by atoms with Crippen LogP contribution in [0.25, 0.3) is 22.3 Å². The average Bonchev–Trinajstić information content (AvgIpc) is 3.22. The fourth-order valence-electron chi connectivity index (χ4n) is 3.59. The van der Waals surface area contributed by atoms with Gasteiger partial charge in [-0.2, -0.15) is 0 Å². The third-order valence-corrected chi connectivity index (χ3v) is 4.88. The normalized spacial score (nSPS) is 17.6. The maximum Gasteiger partial charge on any atom is 0.300 e. The summed E-state index contributed by atoms with van der Waals surface area (Å²) in [6.07, 6.45) is 9.41. The summed E-state index contributed by atoms with van der Waals surface area (Å²) in [5.41, 5.74) is 2.20. The van der Waals surface area contributed by atoms with Crippen molar-refractivity contribution in [3.63, 3.8) is 0 Å². The van der Waals surface area contributed by atoms with Crippen LogP contribution in [0.5, 0.6) is 0 Å². The zero-order chi connectivity index (χ0) is 22.8. The van der Waals surface area contributed by atoms with Crippen molar-refractivity contribution < 1.29 is 19.8 Å². The molecule has 3 aromatic rings. The highest BCUT2D eigenvalue weighted by Gasteiger charge is 2.23. The van der Waals surface area contributed by atoms with Gasteiger partial charge in [0, 0.05) is 55.5 Å². The van der Waals surface area contributed by atoms with Gasteiger partial charge in [0.05, 0.1) is 5.52 Å². The number of nitrogens with one attached hydrogen (secondary N) is 1. The first-order chi connectivity index (χ1) is 14.8. The van der Waals surface area contributed by atoms with Crippen molar-refractivity contribution in [1.82, 2.24) is 19.9 Å². The molecule has 1 saturated heterocycles. The number of nitrogens with zero attached hydrogens (tertiary/aromatic N) is 3. The molecule has 2 aromatic heterocycles. The lowest BCUT2D eigenvalue weighted by Gasteiger charge is -2.31. The smallest absolute Gasteiger partial charge is 0.300 e. The van der Waals surface area contributed by atoms with Crippen molar-refractivity contribution in [2.45, 2.75) is 52.1 Å². The highest BCUT2D eigenvalue weighted by molar-refractivity contribution is 5.83. The van der Waals surface area contributed by atoms with Gasteiger partial charge in [-0.3, -0.25) is 14.6 Å². The van der Waals surface area contributed by atoms with Gasteiger partial charge in [0.2, 0.25) is 0 Å². The van der Waals surface area contributed by atoms with Crippen LogP contribution in [-0.2, 0) is 9.59 Å². The fourth-order valence-corrected chi connectivity index (χ4v) is 3.59. The highest BCUT2D eigenvalue weighted by Crippen LogP contribution is 2.29. The molecule has 0 radical (unpaired) electrons. The Morgan fingerprint density at radius 1 is 1.13 bits per heavy atom. The Labute approximate surface area is 182 Å². The first kappa shape index (κ1) is 24.0. The summed E-state index contributed by atoms with van der Waals surface area (Å²) in [6, 6.07) is 11.6. The summed E-state index contributed by atoms with van der Waals surface area (Å²) in [5, 5.41) is 19.6. The van der Waals surface area contributed by atoms with Crippen molar-refractivity contribution in [2.75, 3.05) is 6.54 Å². The molecule has 1 aromatic carbocycles. The zero-order valence-corrected chi connectivity index (χ0v) is 18.2. The van der Waals surface area contributed by atoms with Crippen molar-refractivity contribution in [3.8, 4) is 11.4 Å². The summed E-state index contributed by atoms with van der Waals surface area (Å²) in [5.74, 6) is -0.600. The largest absolute Gasteiger partial charge is 0.481 e. The Morgan fingerprint density at radius 2 is 1.84 bits per heavy atom. The van der Waals surface area contributed by atoms with Gasteiger partial charge in [0.15, 0.2) is 0 Å². The van der Waals surface area contributed by atoms with Gasteiger partial charge in [-0.15, -0.1) is 0 Å². The molecule has 0 bridgehead atoms. The topological polar surface area (TPSA) is 117 Å². The lowest BCUT2D eigenvalue weighted by molar-refractivity contribution is -0.135. The van der Waals surface area contributed by atoms with E-state index in [0.717, 1.165) is 43.5 Å². The van der Waals surface area contributed by atoms with Gasteiger partial charge >= 0.3 is 0 Å². The number of carbonyl (C=O) groups is 2. The number of aliphatic carboxylic acids is 2. The molecule has 1 aliphatic rings. The molecule has 2 atom stereocenters. The van der Waals surface area contributed by atoms with Crippen LogP contribution in [0.2, 0.25) is 0 Å². The van der Waals surface area contributed by atoms with E-state index in [1.807, 2.05) is 18.5 Å². The first-order valence-electron chi connectivity index (χ1n) is 10.3. The zero-order valence-electron chi connectivity index (χ0n) is 18.2. The Morgan fingerprint density at radius 3 is 2.52 bits per heavy atom. The van der Waals surface area contributed by atoms with Gasteiger partial charge < -0.3 is 20.1 Å². The van der Waals surface area contributed by atoms with Crippen molar-refractivity contribution in [3.05, 3.63) is 48.9 Å². The minimum atomic E-state index is -0.833. The second kappa shape index (κ2) is 11.8. The first-order valence-corrected chi connectivity index (χ1v) is 10.3. The number of imidazole rings is 1. The van der Waals surface area contributed by atoms with E-state index in [1.54, 1.807) is 0 Å². The molecule has 31 heavy (non-hydrogen) atoms. The monoisotopic (exact) mass is 426 g/mol. The van der Waals surface area contributed by atoms with Gasteiger partial charge in [0.25, 0.3) is 11.9 Å². The number of pyridine rings is 1. The lowest BCUT2D eigenvalue weighted by Crippen LogP contribution is -2.38. The van der Waals surface area contributed by atoms with Crippen LogP contribution in [0.15, 0.2) is 48.9 Å². The third kappa shape index (κ3) is 7.49. The number of rotatable bonds is 3. The van der Waals surface area contributed by atoms with Crippen LogP contribution in [0.4, 0.5) is 0 Å². The SMILES string of the molecule is CC(=O)O.CC(=O)O.CC[C@H]1C[C@@H](n2ccnc2-c2ccc3ncccc3c2)CCN1. The van der Waals surface area contributed by atoms with E-state index >= 15 is 0 Å². The molecule has 8 heteroatoms. The number of carboxylic acid groups (broad SMARTS) is 2. The number of hydrogen-bond donors (Lipinski definition) is 3. The highest BCUT2D eigenvalue weighted by atomic mass is 16.4. The van der Waals surface area contributed by atoms with E-state index in [1.165, 1.54) is 18.4 Å². The number of carboxylic acids is 2. The number of piperidine rings is 1. The Balaban J connectivity index is 0.000000370. The molecule has 0 unspecified atom stereocenters. The van der Waals surface area contributed by atoms with Gasteiger partial charge in [-0.1, -0.05) is 13.0 Å². The van der Waals surface area contributed by atoms with Crippen LogP contribution >= 0.6 is 0 Å². The molecule has 166 valence electrons. The predicted octanol–water partition coefficient (Wildman–Crippen LogP) is 3.98. The second-order valence-corrected chi connectivity index (χ2v) is 7.34. The number of aromatic nitrogens is 3. The van der Waals surface area contributed by atoms with Crippen LogP contribution in [-0.4, -0.2) is 49.3 Å². The summed E-state index contributed by atoms with van der Waals surface area (Å²) in [6.45, 7) is 5.51. The summed E-state index contributed by atoms with van der Waals surface area (Å²) >= 11 is 0. The predicted molar refractivity (Wildman–Crippen MR) is 120 cm³/mol. The van der Waals surface area contributed by atoms with Crippen molar-refractivity contribution >= 4 is 22.8 Å². The molecule has 3 N–H and O–H groups in total. The molecule has 3 heterocycles. The van der Waals surface area contributed by atoms with E-state index in [-0.39, 0.29) is 0 Å². The van der Waals surface area contributed by atoms with E-state index in [2.05, 4.69) is 57.2 Å². The Kier molecular flexibility index (Phi) is 9.14. The average molecular weight is 427 g/mol. The van der Waals surface area contributed by atoms with Crippen molar-refractivity contribution in [1.29, 1.82) is 0 Å². The summed E-state index contributed by atoms with van der Waals surface area (Å²) in [7, 11) is 0. The molecule has 1 fully saturated rings. The summed E-state index contributed by atoms with van der Waals surface area (Å²) in [4.78, 5) is 27.0. The molecular weight excluding hydrogens is 396 g/mol. The van der Waals surface area contributed by atoms with Crippen LogP contribution in [0, 0.1) is 0 Å². The third-order valence-electron chi connectivity index (χ3n) is 4.88. The molecule has 0 aliphatic carbocycles. The van der Waals surface area contributed by atoms with E-state index in [9.17, 15) is 0 Å². The Bertz CT molecular complexity index is 982. The molecule has 0 spiro atoms. The number of benzene rings is 1. The van der Waals surface area contributed by atoms with E-state index in [0.29, 0.717) is 12.1 Å². The quantitative estimate of drug-likeness (QED) is 0.580. The van der Waals surface area contributed by atoms with Gasteiger partial charge in [-0.05, 0) is 50.1 Å². The number of fused-ring (bicyclic) bond motifs is 1. The molecule has 0 saturated carbocycles. The van der Waals surface area contributed by atoms with Crippen molar-refractivity contribution in [2.24, 2.45) is 0 Å². The lowest BCUT2D eigenvalue weighted by atomic mass is 9.97. The van der Waals surface area contributed by atoms with Crippen LogP contribution in [0.1, 0.15) is 46.1 Å². The molecular formula is C23H30N4O4. The fraction of sp³-hybridized carbons (Fsp3) is 0.391. The second-order valence-electron chi connectivity index (χ2n) is 7.34. The number of hydrogen-bond acceptors (Lipinski definition) is 5. The minimum Gasteiger partial charge on any atom is -0.481 e. The van der Waals surface area contributed by atoms with Gasteiger partial charge in [-0.25, -0.2) is 4.98 Å². The van der Waals surface area contributed by atoms with E-state index < -0.39 is 11.9 Å². The maximum absolute atomic E-state index is 9.00. The van der Waals surface area contributed by atoms with Gasteiger partial charge in [0.1, 0.15) is 5.82 Å². The minimum absolute atomic E-state index is 0.531.